The normalized spacial score (nSPS) is 24.2. The van der Waals surface area contributed by atoms with Crippen LogP contribution in [0.15, 0.2) is 47.2 Å². The Morgan fingerprint density at radius 3 is 2.69 bits per heavy atom. The fraction of sp³-hybridized carbons (Fsp3) is 0.407. The Kier molecular flexibility index (Phi) is 8.21. The summed E-state index contributed by atoms with van der Waals surface area (Å²) < 4.78 is 95.8. The van der Waals surface area contributed by atoms with Crippen LogP contribution in [0.5, 0.6) is 5.75 Å². The second-order valence-electron chi connectivity index (χ2n) is 10.5. The maximum absolute atomic E-state index is 15.0. The Morgan fingerprint density at radius 2 is 2.02 bits per heavy atom. The molecule has 2 N–H and O–H groups in total. The number of carbonyl (C=O) groups excluding carboxylic acids is 1. The molecule has 2 unspecified atom stereocenters. The zero-order chi connectivity index (χ0) is 30.4. The second kappa shape index (κ2) is 11.3. The molecular weight excluding hydrogens is 695 g/mol. The molecule has 2 heterocycles. The molecule has 1 aliphatic heterocycles. The monoisotopic (exact) mass is 722 g/mol. The van der Waals surface area contributed by atoms with Crippen LogP contribution in [0.2, 0.25) is 0 Å². The van der Waals surface area contributed by atoms with E-state index in [4.69, 9.17) is 18.8 Å². The van der Waals surface area contributed by atoms with Gasteiger partial charge in [-0.3, -0.25) is 9.52 Å². The lowest BCUT2D eigenvalue weighted by Crippen LogP contribution is -2.63. The number of hydrogen-bond donors (Lipinski definition) is 2. The average Bonchev–Trinajstić information content (AvgIpc) is 3.40. The molecule has 1 aliphatic carbocycles. The maximum atomic E-state index is 15.0. The molecular formula is C27H27F4IN4O5S. The zero-order valence-electron chi connectivity index (χ0n) is 22.5. The number of carbonyl (C=O) groups is 1. The topological polar surface area (TPSA) is 118 Å². The van der Waals surface area contributed by atoms with Crippen LogP contribution in [0.25, 0.3) is 11.1 Å². The largest absolute Gasteiger partial charge is 0.495 e. The highest BCUT2D eigenvalue weighted by Crippen LogP contribution is 2.47. The van der Waals surface area contributed by atoms with Crippen molar-refractivity contribution in [2.75, 3.05) is 29.1 Å². The SMILES string of the molecule is COc1cc(-c2cccc(C(F)(F)F)c2F)c(I)cc1N1C(=O)CO[C@@]2(C)CC(CS(=N)(=O)Nc3ccon3)CC[C@H]12. The lowest BCUT2D eigenvalue weighted by molar-refractivity contribution is -0.149. The average molecular weight is 722 g/mol. The molecule has 42 heavy (non-hydrogen) atoms. The van der Waals surface area contributed by atoms with Gasteiger partial charge in [-0.15, -0.1) is 0 Å². The first-order chi connectivity index (χ1) is 19.7. The zero-order valence-corrected chi connectivity index (χ0v) is 25.4. The van der Waals surface area contributed by atoms with Crippen molar-refractivity contribution in [1.82, 2.24) is 5.16 Å². The molecule has 0 bridgehead atoms. The Hall–Kier alpha value is -2.92. The van der Waals surface area contributed by atoms with Crippen molar-refractivity contribution < 1.29 is 40.6 Å². The number of methoxy groups -OCH3 is 1. The van der Waals surface area contributed by atoms with E-state index in [0.717, 1.165) is 6.07 Å². The van der Waals surface area contributed by atoms with E-state index < -0.39 is 39.1 Å². The number of fused-ring (bicyclic) bond motifs is 1. The highest BCUT2D eigenvalue weighted by Gasteiger charge is 2.50. The number of nitrogens with zero attached hydrogens (tertiary/aromatic N) is 2. The molecule has 226 valence electrons. The van der Waals surface area contributed by atoms with Gasteiger partial charge in [0, 0.05) is 20.8 Å². The minimum atomic E-state index is -4.86. The molecule has 9 nitrogen and oxygen atoms in total. The van der Waals surface area contributed by atoms with Gasteiger partial charge >= 0.3 is 6.18 Å². The molecule has 3 aromatic rings. The van der Waals surface area contributed by atoms with Gasteiger partial charge in [0.05, 0.1) is 35.8 Å². The maximum Gasteiger partial charge on any atom is 0.419 e. The van der Waals surface area contributed by atoms with E-state index in [1.165, 1.54) is 31.6 Å². The number of alkyl halides is 3. The summed E-state index contributed by atoms with van der Waals surface area (Å²) in [5.41, 5.74) is -1.88. The van der Waals surface area contributed by atoms with Gasteiger partial charge in [-0.25, -0.2) is 13.4 Å². The van der Waals surface area contributed by atoms with Crippen molar-refractivity contribution in [1.29, 1.82) is 4.78 Å². The van der Waals surface area contributed by atoms with Crippen LogP contribution >= 0.6 is 22.6 Å². The fourth-order valence-electron chi connectivity index (χ4n) is 5.85. The van der Waals surface area contributed by atoms with E-state index in [9.17, 15) is 22.2 Å². The summed E-state index contributed by atoms with van der Waals surface area (Å²) in [4.78, 5) is 14.9. The van der Waals surface area contributed by atoms with Gasteiger partial charge in [-0.2, -0.15) is 13.2 Å². The molecule has 2 aromatic carbocycles. The fourth-order valence-corrected chi connectivity index (χ4v) is 8.07. The number of ether oxygens (including phenoxy) is 2. The number of rotatable bonds is 7. The number of nitrogens with one attached hydrogen (secondary N) is 2. The molecule has 5 rings (SSSR count). The minimum Gasteiger partial charge on any atom is -0.495 e. The molecule has 0 radical (unpaired) electrons. The van der Waals surface area contributed by atoms with E-state index in [0.29, 0.717) is 34.6 Å². The standard InChI is InChI=1S/C27H27F4IN4O5S/c1-26-12-15(14-42(33,38)35-23-8-9-41-34-23)6-7-22(26)36(24(37)13-40-26)20-11-19(32)17(10-21(20)39-2)16-4-3-5-18(25(16)28)27(29,30)31/h3-5,8-11,15,22H,6-7,12-14H2,1-2H3,(H2,33,34,35,38)/t15?,22-,26-,42?/m0/s1. The van der Waals surface area contributed by atoms with Crippen molar-refractivity contribution in [3.05, 3.63) is 57.6 Å². The van der Waals surface area contributed by atoms with Gasteiger partial charge in [-0.05, 0) is 72.9 Å². The van der Waals surface area contributed by atoms with Gasteiger partial charge in [0.2, 0.25) is 0 Å². The summed E-state index contributed by atoms with van der Waals surface area (Å²) in [6, 6.07) is 7.16. The first kappa shape index (κ1) is 30.5. The number of aromatic nitrogens is 1. The summed E-state index contributed by atoms with van der Waals surface area (Å²) in [5.74, 6) is -1.45. The predicted molar refractivity (Wildman–Crippen MR) is 155 cm³/mol. The van der Waals surface area contributed by atoms with Crippen LogP contribution < -0.4 is 14.4 Å². The van der Waals surface area contributed by atoms with Gasteiger partial charge < -0.3 is 18.9 Å². The number of benzene rings is 2. The van der Waals surface area contributed by atoms with Crippen LogP contribution in [0.3, 0.4) is 0 Å². The summed E-state index contributed by atoms with van der Waals surface area (Å²) in [5, 5.41) is 3.66. The number of amides is 1. The molecule has 1 amide bonds. The lowest BCUT2D eigenvalue weighted by atomic mass is 9.74. The van der Waals surface area contributed by atoms with Crippen molar-refractivity contribution in [2.45, 2.75) is 44.0 Å². The summed E-state index contributed by atoms with van der Waals surface area (Å²) in [6.45, 7) is 1.63. The third-order valence-corrected chi connectivity index (χ3v) is 10.0. The van der Waals surface area contributed by atoms with Crippen LogP contribution in [-0.2, 0) is 25.6 Å². The number of anilines is 2. The molecule has 1 aromatic heterocycles. The van der Waals surface area contributed by atoms with Crippen LogP contribution in [-0.4, -0.2) is 46.4 Å². The molecule has 2 fully saturated rings. The van der Waals surface area contributed by atoms with E-state index >= 15 is 4.39 Å². The predicted octanol–water partition coefficient (Wildman–Crippen LogP) is 6.48. The summed E-state index contributed by atoms with van der Waals surface area (Å²) in [6.07, 6.45) is -2.11. The molecule has 15 heteroatoms. The van der Waals surface area contributed by atoms with Crippen molar-refractivity contribution in [3.63, 3.8) is 0 Å². The highest BCUT2D eigenvalue weighted by molar-refractivity contribution is 14.1. The summed E-state index contributed by atoms with van der Waals surface area (Å²) >= 11 is 1.91. The minimum absolute atomic E-state index is 0.0396. The highest BCUT2D eigenvalue weighted by atomic mass is 127. The van der Waals surface area contributed by atoms with Crippen molar-refractivity contribution in [2.24, 2.45) is 5.92 Å². The van der Waals surface area contributed by atoms with Crippen LogP contribution in [0.4, 0.5) is 29.1 Å². The van der Waals surface area contributed by atoms with Crippen molar-refractivity contribution in [3.8, 4) is 16.9 Å². The smallest absolute Gasteiger partial charge is 0.419 e. The van der Waals surface area contributed by atoms with Crippen LogP contribution in [0.1, 0.15) is 31.7 Å². The molecule has 4 atom stereocenters. The first-order valence-electron chi connectivity index (χ1n) is 12.9. The number of hydrogen-bond acceptors (Lipinski definition) is 7. The van der Waals surface area contributed by atoms with Gasteiger partial charge in [0.15, 0.2) is 5.82 Å². The molecule has 0 spiro atoms. The lowest BCUT2D eigenvalue weighted by Gasteiger charge is -2.52. The van der Waals surface area contributed by atoms with E-state index in [2.05, 4.69) is 9.88 Å². The van der Waals surface area contributed by atoms with E-state index in [-0.39, 0.29) is 46.9 Å². The third-order valence-electron chi connectivity index (χ3n) is 7.65. The van der Waals surface area contributed by atoms with E-state index in [1.807, 2.05) is 29.5 Å². The Bertz CT molecular complexity index is 1600. The van der Waals surface area contributed by atoms with Gasteiger partial charge in [0.1, 0.15) is 34.4 Å². The Balaban J connectivity index is 1.44. The number of morpholine rings is 1. The van der Waals surface area contributed by atoms with Gasteiger partial charge in [0.25, 0.3) is 5.91 Å². The number of halogens is 5. The Labute approximate surface area is 253 Å². The Morgan fingerprint density at radius 1 is 1.26 bits per heavy atom. The van der Waals surface area contributed by atoms with Crippen molar-refractivity contribution >= 4 is 49.9 Å². The molecule has 2 aliphatic rings. The van der Waals surface area contributed by atoms with Gasteiger partial charge in [-0.1, -0.05) is 17.3 Å². The third kappa shape index (κ3) is 5.95. The molecule has 1 saturated carbocycles. The van der Waals surface area contributed by atoms with E-state index in [1.54, 1.807) is 11.0 Å². The van der Waals surface area contributed by atoms with Crippen LogP contribution in [0, 0.1) is 20.1 Å². The quantitative estimate of drug-likeness (QED) is 0.213. The first-order valence-corrected chi connectivity index (χ1v) is 15.7. The summed E-state index contributed by atoms with van der Waals surface area (Å²) in [7, 11) is -1.87. The molecule has 1 saturated heterocycles. The second-order valence-corrected chi connectivity index (χ2v) is 13.6.